The van der Waals surface area contributed by atoms with E-state index in [1.54, 1.807) is 6.07 Å². The molecule has 0 fully saturated rings. The monoisotopic (exact) mass is 201 g/mol. The van der Waals surface area contributed by atoms with Gasteiger partial charge in [-0.1, -0.05) is 48.0 Å². The third kappa shape index (κ3) is 2.36. The summed E-state index contributed by atoms with van der Waals surface area (Å²) in [6.07, 6.45) is 0.915. The maximum atomic E-state index is 5.78. The van der Waals surface area contributed by atoms with Crippen LogP contribution in [0, 0.1) is 6.07 Å². The molecule has 2 aromatic rings. The molecule has 69 valence electrons. The molecule has 0 aliphatic heterocycles. The highest BCUT2D eigenvalue weighted by molar-refractivity contribution is 6.30. The number of hydrogen-bond acceptors (Lipinski definition) is 0. The Morgan fingerprint density at radius 2 is 1.79 bits per heavy atom. The molecule has 14 heavy (non-hydrogen) atoms. The number of halogens is 1. The van der Waals surface area contributed by atoms with Crippen molar-refractivity contribution >= 4 is 11.6 Å². The van der Waals surface area contributed by atoms with Crippen molar-refractivity contribution < 1.29 is 0 Å². The van der Waals surface area contributed by atoms with Crippen LogP contribution >= 0.6 is 11.6 Å². The van der Waals surface area contributed by atoms with E-state index in [9.17, 15) is 0 Å². The van der Waals surface area contributed by atoms with Crippen molar-refractivity contribution in [2.75, 3.05) is 0 Å². The zero-order chi connectivity index (χ0) is 9.80. The summed E-state index contributed by atoms with van der Waals surface area (Å²) in [5, 5.41) is 0.738. The van der Waals surface area contributed by atoms with Crippen molar-refractivity contribution in [2.24, 2.45) is 0 Å². The Morgan fingerprint density at radius 1 is 1.00 bits per heavy atom. The minimum absolute atomic E-state index is 0.738. The molecule has 0 N–H and O–H groups in total. The summed E-state index contributed by atoms with van der Waals surface area (Å²) < 4.78 is 0. The summed E-state index contributed by atoms with van der Waals surface area (Å²) in [5.74, 6) is 0. The largest absolute Gasteiger partial charge is 0.0843 e. The van der Waals surface area contributed by atoms with E-state index in [0.717, 1.165) is 11.4 Å². The fourth-order valence-electron chi connectivity index (χ4n) is 1.36. The summed E-state index contributed by atoms with van der Waals surface area (Å²) in [5.41, 5.74) is 2.46. The second-order valence-electron chi connectivity index (χ2n) is 3.19. The Hall–Kier alpha value is -1.27. The van der Waals surface area contributed by atoms with Crippen molar-refractivity contribution in [1.82, 2.24) is 0 Å². The van der Waals surface area contributed by atoms with Gasteiger partial charge >= 0.3 is 0 Å². The molecule has 2 rings (SSSR count). The molecule has 0 aliphatic rings. The molecule has 1 radical (unpaired) electrons. The quantitative estimate of drug-likeness (QED) is 0.695. The van der Waals surface area contributed by atoms with Crippen LogP contribution in [0.1, 0.15) is 11.1 Å². The predicted molar refractivity (Wildman–Crippen MR) is 59.5 cm³/mol. The molecule has 0 unspecified atom stereocenters. The molecule has 0 aromatic heterocycles. The van der Waals surface area contributed by atoms with Gasteiger partial charge in [0.15, 0.2) is 0 Å². The lowest BCUT2D eigenvalue weighted by molar-refractivity contribution is 1.19. The van der Waals surface area contributed by atoms with Crippen LogP contribution < -0.4 is 0 Å². The van der Waals surface area contributed by atoms with E-state index in [4.69, 9.17) is 11.6 Å². The molecule has 0 aliphatic carbocycles. The summed E-state index contributed by atoms with van der Waals surface area (Å²) in [6, 6.07) is 19.2. The van der Waals surface area contributed by atoms with E-state index in [1.807, 2.05) is 30.3 Å². The summed E-state index contributed by atoms with van der Waals surface area (Å²) in [7, 11) is 0. The van der Waals surface area contributed by atoms with Crippen LogP contribution in [0.2, 0.25) is 5.02 Å². The standard InChI is InChI=1S/C13H10Cl/c14-13-8-6-12(7-9-13)10-11-4-2-1-3-5-11/h1-6,8-9H,10H2. The van der Waals surface area contributed by atoms with Crippen molar-refractivity contribution in [1.29, 1.82) is 0 Å². The molecular weight excluding hydrogens is 192 g/mol. The first kappa shape index (κ1) is 9.29. The lowest BCUT2D eigenvalue weighted by Gasteiger charge is -2.00. The summed E-state index contributed by atoms with van der Waals surface area (Å²) in [4.78, 5) is 0. The predicted octanol–water partition coefficient (Wildman–Crippen LogP) is 3.73. The van der Waals surface area contributed by atoms with Gasteiger partial charge in [-0.3, -0.25) is 0 Å². The van der Waals surface area contributed by atoms with Gasteiger partial charge in [0.2, 0.25) is 0 Å². The zero-order valence-corrected chi connectivity index (χ0v) is 8.46. The third-order valence-electron chi connectivity index (χ3n) is 2.08. The van der Waals surface area contributed by atoms with Crippen LogP contribution in [0.3, 0.4) is 0 Å². The molecule has 0 nitrogen and oxygen atoms in total. The highest BCUT2D eigenvalue weighted by atomic mass is 35.5. The maximum absolute atomic E-state index is 5.78. The topological polar surface area (TPSA) is 0 Å². The van der Waals surface area contributed by atoms with E-state index in [2.05, 4.69) is 18.2 Å². The molecule has 0 amide bonds. The van der Waals surface area contributed by atoms with Crippen LogP contribution in [0.5, 0.6) is 0 Å². The van der Waals surface area contributed by atoms with Crippen LogP contribution in [-0.4, -0.2) is 0 Å². The van der Waals surface area contributed by atoms with Crippen molar-refractivity contribution in [3.05, 3.63) is 70.7 Å². The Kier molecular flexibility index (Phi) is 2.85. The molecule has 0 bridgehead atoms. The smallest absolute Gasteiger partial charge is 0.0412 e. The first-order valence-electron chi connectivity index (χ1n) is 4.54. The number of rotatable bonds is 2. The highest BCUT2D eigenvalue weighted by Crippen LogP contribution is 2.12. The van der Waals surface area contributed by atoms with Crippen molar-refractivity contribution in [3.8, 4) is 0 Å². The van der Waals surface area contributed by atoms with Gasteiger partial charge < -0.3 is 0 Å². The molecule has 2 aromatic carbocycles. The van der Waals surface area contributed by atoms with Crippen molar-refractivity contribution in [2.45, 2.75) is 6.42 Å². The van der Waals surface area contributed by atoms with Gasteiger partial charge in [0, 0.05) is 5.02 Å². The Balaban J connectivity index is 2.16. The Labute approximate surface area is 89.2 Å². The molecule has 0 heterocycles. The lowest BCUT2D eigenvalue weighted by Crippen LogP contribution is -1.86. The lowest BCUT2D eigenvalue weighted by atomic mass is 10.1. The van der Waals surface area contributed by atoms with Crippen molar-refractivity contribution in [3.63, 3.8) is 0 Å². The molecule has 1 heteroatoms. The van der Waals surface area contributed by atoms with Gasteiger partial charge in [-0.2, -0.15) is 0 Å². The average molecular weight is 202 g/mol. The Morgan fingerprint density at radius 3 is 2.43 bits per heavy atom. The minimum Gasteiger partial charge on any atom is -0.0843 e. The second-order valence-corrected chi connectivity index (χ2v) is 3.63. The van der Waals surface area contributed by atoms with Gasteiger partial charge in [0.1, 0.15) is 0 Å². The molecule has 0 saturated heterocycles. The third-order valence-corrected chi connectivity index (χ3v) is 2.31. The van der Waals surface area contributed by atoms with Crippen LogP contribution in [0.4, 0.5) is 0 Å². The van der Waals surface area contributed by atoms with Gasteiger partial charge in [0.05, 0.1) is 0 Å². The van der Waals surface area contributed by atoms with Crippen LogP contribution in [-0.2, 0) is 6.42 Å². The SMILES string of the molecule is Clc1c[c]c(Cc2ccccc2)cc1. The van der Waals surface area contributed by atoms with Gasteiger partial charge in [-0.25, -0.2) is 0 Å². The fourth-order valence-corrected chi connectivity index (χ4v) is 1.48. The summed E-state index contributed by atoms with van der Waals surface area (Å²) >= 11 is 5.78. The van der Waals surface area contributed by atoms with E-state index in [0.29, 0.717) is 0 Å². The second kappa shape index (κ2) is 4.30. The molecular formula is C13H10Cl. The van der Waals surface area contributed by atoms with E-state index in [1.165, 1.54) is 11.1 Å². The Bertz CT molecular complexity index is 389. The van der Waals surface area contributed by atoms with Gasteiger partial charge in [-0.05, 0) is 35.7 Å². The van der Waals surface area contributed by atoms with E-state index in [-0.39, 0.29) is 0 Å². The van der Waals surface area contributed by atoms with E-state index < -0.39 is 0 Å². The maximum Gasteiger partial charge on any atom is 0.0412 e. The van der Waals surface area contributed by atoms with Gasteiger partial charge in [-0.15, -0.1) is 0 Å². The molecule has 0 spiro atoms. The summed E-state index contributed by atoms with van der Waals surface area (Å²) in [6.45, 7) is 0. The van der Waals surface area contributed by atoms with Crippen LogP contribution in [0.15, 0.2) is 48.5 Å². The number of benzene rings is 2. The number of hydrogen-bond donors (Lipinski definition) is 0. The van der Waals surface area contributed by atoms with Gasteiger partial charge in [0.25, 0.3) is 0 Å². The zero-order valence-electron chi connectivity index (χ0n) is 7.70. The average Bonchev–Trinajstić information content (AvgIpc) is 2.23. The van der Waals surface area contributed by atoms with E-state index >= 15 is 0 Å². The van der Waals surface area contributed by atoms with Crippen LogP contribution in [0.25, 0.3) is 0 Å². The minimum atomic E-state index is 0.738. The highest BCUT2D eigenvalue weighted by Gasteiger charge is 1.95. The first-order chi connectivity index (χ1) is 6.84. The molecule has 0 atom stereocenters. The molecule has 0 saturated carbocycles. The normalized spacial score (nSPS) is 10.1. The fraction of sp³-hybridized carbons (Fsp3) is 0.0769. The first-order valence-corrected chi connectivity index (χ1v) is 4.92.